The highest BCUT2D eigenvalue weighted by Crippen LogP contribution is 2.26. The molecule has 3 heteroatoms. The van der Waals surface area contributed by atoms with Crippen LogP contribution in [0, 0.1) is 0 Å². The topological polar surface area (TPSA) is 21.3 Å². The third kappa shape index (κ3) is 5.72. The zero-order chi connectivity index (χ0) is 15.1. The van der Waals surface area contributed by atoms with Crippen LogP contribution in [0.3, 0.4) is 0 Å². The lowest BCUT2D eigenvalue weighted by molar-refractivity contribution is 0.242. The highest BCUT2D eigenvalue weighted by molar-refractivity contribution is 6.32. The smallest absolute Gasteiger partial charge is 0.138 e. The summed E-state index contributed by atoms with van der Waals surface area (Å²) in [5.41, 5.74) is 2.82. The van der Waals surface area contributed by atoms with Gasteiger partial charge in [-0.1, -0.05) is 29.3 Å². The van der Waals surface area contributed by atoms with Gasteiger partial charge in [-0.05, 0) is 70.2 Å². The van der Waals surface area contributed by atoms with Gasteiger partial charge in [0, 0.05) is 6.54 Å². The lowest BCUT2D eigenvalue weighted by Crippen LogP contribution is -2.15. The normalized spacial score (nSPS) is 15.1. The molecule has 1 aliphatic carbocycles. The Hall–Kier alpha value is -0.990. The van der Waals surface area contributed by atoms with E-state index in [4.69, 9.17) is 16.3 Å². The van der Waals surface area contributed by atoms with Gasteiger partial charge < -0.3 is 10.1 Å². The van der Waals surface area contributed by atoms with E-state index in [2.05, 4.69) is 17.5 Å². The van der Waals surface area contributed by atoms with Crippen LogP contribution < -0.4 is 10.1 Å². The zero-order valence-electron chi connectivity index (χ0n) is 13.1. The van der Waals surface area contributed by atoms with Gasteiger partial charge in [-0.15, -0.1) is 0 Å². The molecule has 0 amide bonds. The van der Waals surface area contributed by atoms with E-state index >= 15 is 0 Å². The molecule has 0 saturated carbocycles. The first-order chi connectivity index (χ1) is 10.1. The fourth-order valence-corrected chi connectivity index (χ4v) is 2.86. The molecule has 0 fully saturated rings. The number of allylic oxidation sites excluding steroid dienone is 1. The van der Waals surface area contributed by atoms with Crippen molar-refractivity contribution in [2.45, 2.75) is 58.6 Å². The summed E-state index contributed by atoms with van der Waals surface area (Å²) in [6.45, 7) is 5.90. The van der Waals surface area contributed by atoms with Crippen molar-refractivity contribution < 1.29 is 4.74 Å². The van der Waals surface area contributed by atoms with Crippen molar-refractivity contribution in [2.75, 3.05) is 6.54 Å². The van der Waals surface area contributed by atoms with Crippen molar-refractivity contribution in [3.63, 3.8) is 0 Å². The molecule has 0 aromatic heterocycles. The number of ether oxygens (including phenoxy) is 1. The second kappa shape index (κ2) is 8.45. The number of nitrogens with one attached hydrogen (secondary N) is 1. The molecule has 0 heterocycles. The minimum atomic E-state index is 0.148. The summed E-state index contributed by atoms with van der Waals surface area (Å²) in [4.78, 5) is 0. The molecular weight excluding hydrogens is 282 g/mol. The van der Waals surface area contributed by atoms with Crippen LogP contribution in [0.5, 0.6) is 5.75 Å². The molecule has 2 nitrogen and oxygen atoms in total. The third-order valence-corrected chi connectivity index (χ3v) is 3.99. The molecular formula is C18H26ClNO. The van der Waals surface area contributed by atoms with Crippen LogP contribution in [0.25, 0.3) is 0 Å². The van der Waals surface area contributed by atoms with Gasteiger partial charge in [-0.3, -0.25) is 0 Å². The average molecular weight is 308 g/mol. The summed E-state index contributed by atoms with van der Waals surface area (Å²) in [7, 11) is 0. The van der Waals surface area contributed by atoms with E-state index < -0.39 is 0 Å². The summed E-state index contributed by atoms with van der Waals surface area (Å²) in [6, 6.07) is 6.03. The molecule has 1 aromatic rings. The average Bonchev–Trinajstić information content (AvgIpc) is 2.47. The van der Waals surface area contributed by atoms with Crippen LogP contribution in [0.15, 0.2) is 29.8 Å². The van der Waals surface area contributed by atoms with E-state index in [1.807, 2.05) is 26.0 Å². The zero-order valence-corrected chi connectivity index (χ0v) is 13.9. The molecule has 0 radical (unpaired) electrons. The van der Waals surface area contributed by atoms with Gasteiger partial charge in [0.25, 0.3) is 0 Å². The Kier molecular flexibility index (Phi) is 6.59. The van der Waals surface area contributed by atoms with Crippen LogP contribution in [0.4, 0.5) is 0 Å². The Morgan fingerprint density at radius 3 is 2.81 bits per heavy atom. The maximum Gasteiger partial charge on any atom is 0.138 e. The molecule has 1 aromatic carbocycles. The molecule has 0 aliphatic heterocycles. The first-order valence-electron chi connectivity index (χ1n) is 7.99. The van der Waals surface area contributed by atoms with Crippen molar-refractivity contribution in [2.24, 2.45) is 0 Å². The largest absolute Gasteiger partial charge is 0.489 e. The van der Waals surface area contributed by atoms with E-state index in [0.29, 0.717) is 5.02 Å². The van der Waals surface area contributed by atoms with E-state index in [9.17, 15) is 0 Å². The van der Waals surface area contributed by atoms with Crippen LogP contribution >= 0.6 is 11.6 Å². The molecule has 1 aliphatic rings. The molecule has 0 atom stereocenters. The minimum Gasteiger partial charge on any atom is -0.489 e. The number of benzene rings is 1. The van der Waals surface area contributed by atoms with Gasteiger partial charge in [-0.25, -0.2) is 0 Å². The van der Waals surface area contributed by atoms with Gasteiger partial charge in [0.15, 0.2) is 0 Å². The quantitative estimate of drug-likeness (QED) is 0.558. The van der Waals surface area contributed by atoms with Crippen LogP contribution in [-0.2, 0) is 6.54 Å². The Morgan fingerprint density at radius 2 is 2.14 bits per heavy atom. The maximum atomic E-state index is 6.25. The molecule has 0 unspecified atom stereocenters. The maximum absolute atomic E-state index is 6.25. The van der Waals surface area contributed by atoms with Gasteiger partial charge in [0.1, 0.15) is 5.75 Å². The Bertz CT molecular complexity index is 482. The Labute approximate surface area is 133 Å². The highest BCUT2D eigenvalue weighted by atomic mass is 35.5. The molecule has 0 bridgehead atoms. The van der Waals surface area contributed by atoms with E-state index in [-0.39, 0.29) is 6.10 Å². The predicted molar refractivity (Wildman–Crippen MR) is 90.1 cm³/mol. The minimum absolute atomic E-state index is 0.148. The first-order valence-corrected chi connectivity index (χ1v) is 8.36. The van der Waals surface area contributed by atoms with E-state index in [0.717, 1.165) is 18.8 Å². The van der Waals surface area contributed by atoms with Gasteiger partial charge in [0.2, 0.25) is 0 Å². The van der Waals surface area contributed by atoms with Gasteiger partial charge in [-0.2, -0.15) is 0 Å². The second-order valence-corrected chi connectivity index (χ2v) is 6.37. The Balaban J connectivity index is 1.75. The van der Waals surface area contributed by atoms with Crippen molar-refractivity contribution in [1.82, 2.24) is 5.32 Å². The summed E-state index contributed by atoms with van der Waals surface area (Å²) in [5, 5.41) is 4.19. The second-order valence-electron chi connectivity index (χ2n) is 5.97. The lowest BCUT2D eigenvalue weighted by Gasteiger charge is -2.14. The van der Waals surface area contributed by atoms with Crippen molar-refractivity contribution in [3.8, 4) is 5.75 Å². The van der Waals surface area contributed by atoms with Gasteiger partial charge in [0.05, 0.1) is 11.1 Å². The molecule has 2 rings (SSSR count). The van der Waals surface area contributed by atoms with Crippen LogP contribution in [0.1, 0.15) is 51.5 Å². The molecule has 21 heavy (non-hydrogen) atoms. The van der Waals surface area contributed by atoms with Crippen molar-refractivity contribution in [3.05, 3.63) is 40.4 Å². The van der Waals surface area contributed by atoms with E-state index in [1.54, 1.807) is 5.57 Å². The molecule has 1 N–H and O–H groups in total. The number of hydrogen-bond donors (Lipinski definition) is 1. The number of halogens is 1. The SMILES string of the molecule is CC(C)Oc1ccc(CNCCC2=CCCCC2)cc1Cl. The number of hydrogen-bond acceptors (Lipinski definition) is 2. The number of rotatable bonds is 7. The Morgan fingerprint density at radius 1 is 1.29 bits per heavy atom. The fraction of sp³-hybridized carbons (Fsp3) is 0.556. The van der Waals surface area contributed by atoms with Crippen LogP contribution in [-0.4, -0.2) is 12.6 Å². The monoisotopic (exact) mass is 307 g/mol. The van der Waals surface area contributed by atoms with Crippen molar-refractivity contribution in [1.29, 1.82) is 0 Å². The molecule has 116 valence electrons. The standard InChI is InChI=1S/C18H26ClNO/c1-14(2)21-18-9-8-16(12-17(18)19)13-20-11-10-15-6-4-3-5-7-15/h6,8-9,12,14,20H,3-5,7,10-11,13H2,1-2H3. The highest BCUT2D eigenvalue weighted by Gasteiger charge is 2.06. The van der Waals surface area contributed by atoms with Gasteiger partial charge >= 0.3 is 0 Å². The van der Waals surface area contributed by atoms with Crippen molar-refractivity contribution >= 4 is 11.6 Å². The fourth-order valence-electron chi connectivity index (χ4n) is 2.62. The molecule has 0 spiro atoms. The summed E-state index contributed by atoms with van der Waals surface area (Å²) in [6.07, 6.45) is 9.01. The summed E-state index contributed by atoms with van der Waals surface area (Å²) >= 11 is 6.25. The van der Waals surface area contributed by atoms with E-state index in [1.165, 1.54) is 37.7 Å². The van der Waals surface area contributed by atoms with Crippen LogP contribution in [0.2, 0.25) is 5.02 Å². The lowest BCUT2D eigenvalue weighted by atomic mass is 9.97. The molecule has 0 saturated heterocycles. The summed E-state index contributed by atoms with van der Waals surface area (Å²) < 4.78 is 5.65. The summed E-state index contributed by atoms with van der Waals surface area (Å²) in [5.74, 6) is 0.766. The first kappa shape index (κ1) is 16.4. The predicted octanol–water partition coefficient (Wildman–Crippen LogP) is 5.11. The third-order valence-electron chi connectivity index (χ3n) is 3.70.